The lowest BCUT2D eigenvalue weighted by atomic mass is 10.2. The van der Waals surface area contributed by atoms with Crippen molar-refractivity contribution in [3.8, 4) is 0 Å². The van der Waals surface area contributed by atoms with Crippen molar-refractivity contribution in [3.63, 3.8) is 0 Å². The lowest BCUT2D eigenvalue weighted by molar-refractivity contribution is 0.104. The Bertz CT molecular complexity index is 379. The fraction of sp³-hybridized carbons (Fsp3) is 0.500. The molecule has 3 atom stereocenters. The first-order valence-electron chi connectivity index (χ1n) is 5.60. The minimum Gasteiger partial charge on any atom is -0.364 e. The van der Waals surface area contributed by atoms with Gasteiger partial charge in [0, 0.05) is 7.11 Å². The molecule has 0 aromatic heterocycles. The molecule has 3 unspecified atom stereocenters. The van der Waals surface area contributed by atoms with E-state index in [1.165, 1.54) is 7.11 Å². The molecular formula is C12H19O4P. The van der Waals surface area contributed by atoms with Gasteiger partial charge in [0.1, 0.15) is 0 Å². The maximum absolute atomic E-state index is 12.1. The molecule has 0 spiro atoms. The van der Waals surface area contributed by atoms with Crippen LogP contribution < -0.4 is 0 Å². The highest BCUT2D eigenvalue weighted by atomic mass is 31.2. The van der Waals surface area contributed by atoms with Crippen LogP contribution in [0.15, 0.2) is 30.3 Å². The van der Waals surface area contributed by atoms with Crippen molar-refractivity contribution < 1.29 is 18.7 Å². The molecule has 1 aromatic rings. The summed E-state index contributed by atoms with van der Waals surface area (Å²) in [4.78, 5) is 9.94. The molecule has 0 bridgehead atoms. The summed E-state index contributed by atoms with van der Waals surface area (Å²) < 4.78 is 22.4. The number of methoxy groups -OCH3 is 1. The third kappa shape index (κ3) is 3.93. The van der Waals surface area contributed by atoms with Crippen molar-refractivity contribution in [1.29, 1.82) is 0 Å². The second kappa shape index (κ2) is 6.31. The SMILES string of the molecule is CCC(C)OP(=O)(O)C(OC)c1ccccc1. The van der Waals surface area contributed by atoms with E-state index in [9.17, 15) is 9.46 Å². The third-order valence-corrected chi connectivity index (χ3v) is 4.27. The van der Waals surface area contributed by atoms with E-state index in [1.54, 1.807) is 31.2 Å². The third-order valence-electron chi connectivity index (χ3n) is 2.51. The molecule has 0 aliphatic heterocycles. The van der Waals surface area contributed by atoms with Gasteiger partial charge in [-0.15, -0.1) is 0 Å². The molecule has 0 amide bonds. The summed E-state index contributed by atoms with van der Waals surface area (Å²) in [6.07, 6.45) is 0.405. The lowest BCUT2D eigenvalue weighted by Crippen LogP contribution is -2.11. The van der Waals surface area contributed by atoms with Crippen LogP contribution in [0.25, 0.3) is 0 Å². The Kier molecular flexibility index (Phi) is 5.34. The fourth-order valence-electron chi connectivity index (χ4n) is 1.46. The average Bonchev–Trinajstić information content (AvgIpc) is 2.30. The molecular weight excluding hydrogens is 239 g/mol. The van der Waals surface area contributed by atoms with E-state index in [1.807, 2.05) is 13.0 Å². The number of hydrogen-bond acceptors (Lipinski definition) is 3. The van der Waals surface area contributed by atoms with Gasteiger partial charge in [0.05, 0.1) is 6.10 Å². The summed E-state index contributed by atoms with van der Waals surface area (Å²) in [5.74, 6) is -0.933. The molecule has 0 fully saturated rings. The first-order valence-corrected chi connectivity index (χ1v) is 7.24. The topological polar surface area (TPSA) is 55.8 Å². The average molecular weight is 258 g/mol. The standard InChI is InChI=1S/C12H19O4P/c1-4-10(2)16-17(13,14)12(15-3)11-8-6-5-7-9-11/h5-10,12H,4H2,1-3H3,(H,13,14). The molecule has 1 N–H and O–H groups in total. The van der Waals surface area contributed by atoms with Crippen LogP contribution in [0.1, 0.15) is 31.7 Å². The van der Waals surface area contributed by atoms with Gasteiger partial charge in [-0.1, -0.05) is 37.3 Å². The van der Waals surface area contributed by atoms with Gasteiger partial charge in [-0.05, 0) is 18.9 Å². The van der Waals surface area contributed by atoms with E-state index < -0.39 is 13.4 Å². The van der Waals surface area contributed by atoms with E-state index >= 15 is 0 Å². The van der Waals surface area contributed by atoms with Gasteiger partial charge in [-0.2, -0.15) is 0 Å². The van der Waals surface area contributed by atoms with E-state index in [-0.39, 0.29) is 6.10 Å². The summed E-state index contributed by atoms with van der Waals surface area (Å²) in [5, 5.41) is 0. The van der Waals surface area contributed by atoms with Crippen molar-refractivity contribution in [1.82, 2.24) is 0 Å². The minimum absolute atomic E-state index is 0.271. The van der Waals surface area contributed by atoms with Crippen molar-refractivity contribution in [2.75, 3.05) is 7.11 Å². The van der Waals surface area contributed by atoms with Crippen LogP contribution in [0.5, 0.6) is 0 Å². The molecule has 17 heavy (non-hydrogen) atoms. The van der Waals surface area contributed by atoms with Gasteiger partial charge in [-0.25, -0.2) is 0 Å². The highest BCUT2D eigenvalue weighted by Gasteiger charge is 2.35. The Hall–Kier alpha value is -0.670. The normalized spacial score (nSPS) is 18.4. The van der Waals surface area contributed by atoms with Crippen molar-refractivity contribution in [2.45, 2.75) is 32.2 Å². The van der Waals surface area contributed by atoms with Crippen molar-refractivity contribution >= 4 is 7.60 Å². The highest BCUT2D eigenvalue weighted by molar-refractivity contribution is 7.53. The molecule has 1 rings (SSSR count). The number of benzene rings is 1. The monoisotopic (exact) mass is 258 g/mol. The largest absolute Gasteiger partial charge is 0.364 e. The summed E-state index contributed by atoms with van der Waals surface area (Å²) in [5.41, 5.74) is 0.643. The predicted molar refractivity (Wildman–Crippen MR) is 66.9 cm³/mol. The van der Waals surface area contributed by atoms with Crippen LogP contribution in [0, 0.1) is 0 Å². The zero-order valence-corrected chi connectivity index (χ0v) is 11.3. The molecule has 4 nitrogen and oxygen atoms in total. The highest BCUT2D eigenvalue weighted by Crippen LogP contribution is 2.57. The summed E-state index contributed by atoms with van der Waals surface area (Å²) in [7, 11) is -2.42. The van der Waals surface area contributed by atoms with E-state index in [2.05, 4.69) is 0 Å². The van der Waals surface area contributed by atoms with Gasteiger partial charge in [0.15, 0.2) is 5.85 Å². The zero-order chi connectivity index (χ0) is 12.9. The molecule has 96 valence electrons. The van der Waals surface area contributed by atoms with Crippen LogP contribution in [0.3, 0.4) is 0 Å². The molecule has 0 saturated heterocycles. The Morgan fingerprint density at radius 1 is 1.35 bits per heavy atom. The Morgan fingerprint density at radius 3 is 2.41 bits per heavy atom. The minimum atomic E-state index is -3.82. The van der Waals surface area contributed by atoms with Gasteiger partial charge in [-0.3, -0.25) is 4.57 Å². The smallest absolute Gasteiger partial charge is 0.361 e. The quantitative estimate of drug-likeness (QED) is 0.795. The predicted octanol–water partition coefficient (Wildman–Crippen LogP) is 3.33. The molecule has 0 aliphatic rings. The van der Waals surface area contributed by atoms with Crippen molar-refractivity contribution in [2.24, 2.45) is 0 Å². The van der Waals surface area contributed by atoms with Crippen LogP contribution in [0.4, 0.5) is 0 Å². The second-order valence-electron chi connectivity index (χ2n) is 3.89. The van der Waals surface area contributed by atoms with Crippen LogP contribution in [-0.4, -0.2) is 18.1 Å². The zero-order valence-electron chi connectivity index (χ0n) is 10.4. The Labute approximate surface area is 102 Å². The fourth-order valence-corrected chi connectivity index (χ4v) is 3.05. The summed E-state index contributed by atoms with van der Waals surface area (Å²) >= 11 is 0. The lowest BCUT2D eigenvalue weighted by Gasteiger charge is -2.24. The molecule has 1 aromatic carbocycles. The Morgan fingerprint density at radius 2 is 1.94 bits per heavy atom. The molecule has 0 heterocycles. The summed E-state index contributed by atoms with van der Waals surface area (Å²) in [6.45, 7) is 3.66. The van der Waals surface area contributed by atoms with Crippen LogP contribution in [-0.2, 0) is 13.8 Å². The maximum Gasteiger partial charge on any atom is 0.361 e. The maximum atomic E-state index is 12.1. The van der Waals surface area contributed by atoms with Gasteiger partial charge in [0.25, 0.3) is 0 Å². The van der Waals surface area contributed by atoms with Crippen LogP contribution >= 0.6 is 7.60 Å². The number of rotatable bonds is 6. The number of ether oxygens (including phenoxy) is 1. The van der Waals surface area contributed by atoms with Crippen molar-refractivity contribution in [3.05, 3.63) is 35.9 Å². The van der Waals surface area contributed by atoms with E-state index in [0.29, 0.717) is 12.0 Å². The van der Waals surface area contributed by atoms with E-state index in [4.69, 9.17) is 9.26 Å². The summed E-state index contributed by atoms with van der Waals surface area (Å²) in [6, 6.07) is 8.93. The van der Waals surface area contributed by atoms with Crippen LogP contribution in [0.2, 0.25) is 0 Å². The van der Waals surface area contributed by atoms with E-state index in [0.717, 1.165) is 0 Å². The van der Waals surface area contributed by atoms with Gasteiger partial charge >= 0.3 is 7.60 Å². The number of hydrogen-bond donors (Lipinski definition) is 1. The first-order chi connectivity index (χ1) is 8.01. The van der Waals surface area contributed by atoms with Gasteiger partial charge in [0.2, 0.25) is 0 Å². The molecule has 0 aliphatic carbocycles. The van der Waals surface area contributed by atoms with Gasteiger partial charge < -0.3 is 14.2 Å². The second-order valence-corrected chi connectivity index (χ2v) is 5.70. The molecule has 5 heteroatoms. The first kappa shape index (κ1) is 14.4. The molecule has 0 saturated carbocycles. The molecule has 0 radical (unpaired) electrons. The Balaban J connectivity index is 2.90.